The number of hydrogen-bond donors (Lipinski definition) is 2. The molecule has 1 atom stereocenters. The Hall–Kier alpha value is -2.53. The number of benzene rings is 1. The maximum atomic E-state index is 10.6. The van der Waals surface area contributed by atoms with Gasteiger partial charge in [0.2, 0.25) is 0 Å². The minimum atomic E-state index is -0.520. The number of anilines is 1. The molecule has 0 radical (unpaired) electrons. The van der Waals surface area contributed by atoms with Crippen molar-refractivity contribution in [3.8, 4) is 17.1 Å². The minimum Gasteiger partial charge on any atom is -0.497 e. The van der Waals surface area contributed by atoms with Gasteiger partial charge in [-0.05, 0) is 48.4 Å². The van der Waals surface area contributed by atoms with Crippen LogP contribution in [0.2, 0.25) is 0 Å². The first-order valence-electron chi connectivity index (χ1n) is 10.9. The van der Waals surface area contributed by atoms with Crippen LogP contribution in [-0.4, -0.2) is 21.8 Å². The van der Waals surface area contributed by atoms with Gasteiger partial charge in [-0.1, -0.05) is 39.7 Å². The van der Waals surface area contributed by atoms with Crippen LogP contribution in [0.3, 0.4) is 0 Å². The Bertz CT molecular complexity index is 1030. The molecule has 0 bridgehead atoms. The molecule has 3 N–H and O–H groups in total. The number of aliphatic hydroxyl groups excluding tert-OH is 1. The second-order valence-corrected chi connectivity index (χ2v) is 9.71. The molecule has 30 heavy (non-hydrogen) atoms. The third-order valence-corrected chi connectivity index (χ3v) is 6.16. The van der Waals surface area contributed by atoms with E-state index < -0.39 is 6.10 Å². The van der Waals surface area contributed by atoms with Gasteiger partial charge < -0.3 is 20.1 Å². The maximum absolute atomic E-state index is 10.6. The van der Waals surface area contributed by atoms with Crippen LogP contribution in [0.15, 0.2) is 36.5 Å². The molecule has 0 spiro atoms. The summed E-state index contributed by atoms with van der Waals surface area (Å²) in [7, 11) is 1.69. The summed E-state index contributed by atoms with van der Waals surface area (Å²) >= 11 is 0. The van der Waals surface area contributed by atoms with Crippen LogP contribution in [0.1, 0.15) is 70.6 Å². The normalized spacial score (nSPS) is 16.3. The Morgan fingerprint density at radius 1 is 1.20 bits per heavy atom. The van der Waals surface area contributed by atoms with Crippen LogP contribution < -0.4 is 10.5 Å². The topological polar surface area (TPSA) is 73.3 Å². The van der Waals surface area contributed by atoms with E-state index in [2.05, 4.69) is 31.4 Å². The molecule has 1 aromatic carbocycles. The van der Waals surface area contributed by atoms with Crippen molar-refractivity contribution in [3.05, 3.63) is 42.1 Å². The van der Waals surface area contributed by atoms with Crippen LogP contribution in [0.25, 0.3) is 22.3 Å². The Balaban J connectivity index is 1.80. The zero-order valence-corrected chi connectivity index (χ0v) is 18.5. The number of aliphatic hydroxyl groups is 1. The van der Waals surface area contributed by atoms with Crippen molar-refractivity contribution >= 4 is 16.6 Å². The first-order valence-corrected chi connectivity index (χ1v) is 10.9. The molecule has 1 fully saturated rings. The third-order valence-electron chi connectivity index (χ3n) is 6.16. The van der Waals surface area contributed by atoms with Crippen molar-refractivity contribution in [3.63, 3.8) is 0 Å². The molecule has 4 rings (SSSR count). The fourth-order valence-electron chi connectivity index (χ4n) is 4.69. The molecule has 1 aliphatic carbocycles. The van der Waals surface area contributed by atoms with Crippen molar-refractivity contribution in [1.29, 1.82) is 0 Å². The van der Waals surface area contributed by atoms with Gasteiger partial charge in [-0.25, -0.2) is 0 Å². The summed E-state index contributed by atoms with van der Waals surface area (Å²) in [5.74, 6) is 0.833. The summed E-state index contributed by atoms with van der Waals surface area (Å²) < 4.78 is 7.85. The van der Waals surface area contributed by atoms with Gasteiger partial charge in [0, 0.05) is 23.7 Å². The number of nitrogens with two attached hydrogens (primary N) is 1. The van der Waals surface area contributed by atoms with Crippen LogP contribution in [-0.2, 0) is 0 Å². The van der Waals surface area contributed by atoms with E-state index in [0.717, 1.165) is 52.1 Å². The highest BCUT2D eigenvalue weighted by atomic mass is 16.5. The van der Waals surface area contributed by atoms with Crippen LogP contribution in [0.5, 0.6) is 5.75 Å². The van der Waals surface area contributed by atoms with Gasteiger partial charge in [0.05, 0.1) is 35.8 Å². The quantitative estimate of drug-likeness (QED) is 0.554. The largest absolute Gasteiger partial charge is 0.497 e. The zero-order chi connectivity index (χ0) is 21.5. The summed E-state index contributed by atoms with van der Waals surface area (Å²) in [6.45, 7) is 6.40. The van der Waals surface area contributed by atoms with Crippen LogP contribution in [0, 0.1) is 5.41 Å². The number of pyridine rings is 1. The molecule has 1 aliphatic rings. The van der Waals surface area contributed by atoms with E-state index in [9.17, 15) is 5.11 Å². The molecule has 3 aromatic rings. The number of ether oxygens (including phenoxy) is 1. The van der Waals surface area contributed by atoms with Crippen molar-refractivity contribution in [2.45, 2.75) is 65.0 Å². The first-order chi connectivity index (χ1) is 14.3. The lowest BCUT2D eigenvalue weighted by atomic mass is 9.87. The van der Waals surface area contributed by atoms with E-state index in [1.807, 2.05) is 24.3 Å². The highest BCUT2D eigenvalue weighted by molar-refractivity contribution is 6.01. The smallest absolute Gasteiger partial charge is 0.120 e. The lowest BCUT2D eigenvalue weighted by Crippen LogP contribution is -2.12. The van der Waals surface area contributed by atoms with Gasteiger partial charge >= 0.3 is 0 Å². The second-order valence-electron chi connectivity index (χ2n) is 9.71. The molecule has 5 nitrogen and oxygen atoms in total. The fourth-order valence-corrected chi connectivity index (χ4v) is 4.69. The Morgan fingerprint density at radius 3 is 2.53 bits per heavy atom. The number of nitrogens with zero attached hydrogens (tertiary/aromatic N) is 2. The molecule has 2 aromatic heterocycles. The highest BCUT2D eigenvalue weighted by Gasteiger charge is 2.26. The van der Waals surface area contributed by atoms with E-state index >= 15 is 0 Å². The average molecular weight is 408 g/mol. The summed E-state index contributed by atoms with van der Waals surface area (Å²) in [5, 5.41) is 11.6. The predicted molar refractivity (Wildman–Crippen MR) is 123 cm³/mol. The number of rotatable bonds is 5. The van der Waals surface area contributed by atoms with Gasteiger partial charge in [0.25, 0.3) is 0 Å². The van der Waals surface area contributed by atoms with Crippen LogP contribution in [0.4, 0.5) is 5.69 Å². The summed E-state index contributed by atoms with van der Waals surface area (Å²) in [4.78, 5) is 4.74. The number of fused-ring (bicyclic) bond motifs is 1. The Labute approximate surface area is 178 Å². The monoisotopic (exact) mass is 407 g/mol. The molecular weight excluding hydrogens is 374 g/mol. The van der Waals surface area contributed by atoms with Crippen LogP contribution >= 0.6 is 0 Å². The van der Waals surface area contributed by atoms with Gasteiger partial charge in [-0.3, -0.25) is 4.98 Å². The highest BCUT2D eigenvalue weighted by Crippen LogP contribution is 2.43. The summed E-state index contributed by atoms with van der Waals surface area (Å²) in [6, 6.07) is 10.5. The average Bonchev–Trinajstić information content (AvgIpc) is 3.33. The lowest BCUT2D eigenvalue weighted by molar-refractivity contribution is 0.122. The lowest BCUT2D eigenvalue weighted by Gasteiger charge is -2.22. The molecule has 1 saturated carbocycles. The molecule has 2 heterocycles. The Kier molecular flexibility index (Phi) is 5.49. The second kappa shape index (κ2) is 7.95. The number of aromatic nitrogens is 2. The van der Waals surface area contributed by atoms with E-state index in [-0.39, 0.29) is 5.41 Å². The molecule has 1 unspecified atom stereocenters. The molecular formula is C25H33N3O2. The van der Waals surface area contributed by atoms with Crippen molar-refractivity contribution in [2.24, 2.45) is 5.41 Å². The molecule has 160 valence electrons. The fraction of sp³-hybridized carbons (Fsp3) is 0.480. The SMILES string of the molecule is COc1ccc2c(N)c(-c3ccc(C(O)CC(C)(C)C)cn3)n(C3CCCC3)c2c1. The van der Waals surface area contributed by atoms with E-state index in [1.165, 1.54) is 12.8 Å². The number of hydrogen-bond acceptors (Lipinski definition) is 4. The predicted octanol–water partition coefficient (Wildman–Crippen LogP) is 5.88. The minimum absolute atomic E-state index is 0.0521. The van der Waals surface area contributed by atoms with Gasteiger partial charge in [-0.15, -0.1) is 0 Å². The third kappa shape index (κ3) is 3.91. The van der Waals surface area contributed by atoms with Gasteiger partial charge in [0.1, 0.15) is 5.75 Å². The number of methoxy groups -OCH3 is 1. The Morgan fingerprint density at radius 2 is 1.93 bits per heavy atom. The molecule has 0 aliphatic heterocycles. The number of nitrogen functional groups attached to an aromatic ring is 1. The van der Waals surface area contributed by atoms with Gasteiger partial charge in [-0.2, -0.15) is 0 Å². The molecule has 0 saturated heterocycles. The van der Waals surface area contributed by atoms with E-state index in [0.29, 0.717) is 12.5 Å². The zero-order valence-electron chi connectivity index (χ0n) is 18.5. The van der Waals surface area contributed by atoms with E-state index in [1.54, 1.807) is 13.3 Å². The first kappa shape index (κ1) is 20.7. The standard InChI is InChI=1S/C25H33N3O2/c1-25(2,3)14-22(29)16-9-12-20(27-15-16)24-23(26)19-11-10-18(30-4)13-21(19)28(24)17-7-5-6-8-17/h9-13,15,17,22,29H,5-8,14,26H2,1-4H3. The summed E-state index contributed by atoms with van der Waals surface area (Å²) in [6.07, 6.45) is 6.73. The van der Waals surface area contributed by atoms with Crippen molar-refractivity contribution in [2.75, 3.05) is 12.8 Å². The maximum Gasteiger partial charge on any atom is 0.120 e. The van der Waals surface area contributed by atoms with Gasteiger partial charge in [0.15, 0.2) is 0 Å². The molecule has 5 heteroatoms. The van der Waals surface area contributed by atoms with E-state index in [4.69, 9.17) is 15.5 Å². The van der Waals surface area contributed by atoms with Crippen molar-refractivity contribution < 1.29 is 9.84 Å². The molecule has 0 amide bonds. The van der Waals surface area contributed by atoms with Crippen molar-refractivity contribution in [1.82, 2.24) is 9.55 Å². The summed E-state index contributed by atoms with van der Waals surface area (Å²) in [5.41, 5.74) is 11.2.